The monoisotopic (exact) mass is 590 g/mol. The van der Waals surface area contributed by atoms with E-state index in [9.17, 15) is 19.1 Å². The van der Waals surface area contributed by atoms with Gasteiger partial charge in [-0.05, 0) is 68.7 Å². The number of likely N-dealkylation sites (tertiary alicyclic amines) is 1. The molecule has 2 aromatic heterocycles. The van der Waals surface area contributed by atoms with Crippen LogP contribution < -0.4 is 15.4 Å². The van der Waals surface area contributed by atoms with Crippen molar-refractivity contribution >= 4 is 34.3 Å². The quantitative estimate of drug-likeness (QED) is 0.305. The van der Waals surface area contributed by atoms with Crippen molar-refractivity contribution in [1.29, 1.82) is 0 Å². The van der Waals surface area contributed by atoms with E-state index in [-0.39, 0.29) is 12.6 Å². The number of halogens is 1. The molecule has 4 amide bonds. The number of ether oxygens (including phenoxy) is 1. The Bertz CT molecular complexity index is 1670. The van der Waals surface area contributed by atoms with Crippen LogP contribution in [0.25, 0.3) is 10.9 Å². The van der Waals surface area contributed by atoms with Crippen molar-refractivity contribution in [3.05, 3.63) is 71.0 Å². The number of aliphatic hydroxyl groups excluding tert-OH is 1. The molecule has 43 heavy (non-hydrogen) atoms. The molecule has 1 atom stereocenters. The minimum Gasteiger partial charge on any atom is -0.497 e. The van der Waals surface area contributed by atoms with Gasteiger partial charge in [0.15, 0.2) is 5.76 Å². The molecule has 1 fully saturated rings. The van der Waals surface area contributed by atoms with Crippen molar-refractivity contribution in [2.24, 2.45) is 7.05 Å². The van der Waals surface area contributed by atoms with Crippen molar-refractivity contribution in [3.8, 4) is 5.75 Å². The lowest BCUT2D eigenvalue weighted by Gasteiger charge is -2.50. The first-order chi connectivity index (χ1) is 20.7. The molecule has 0 saturated carbocycles. The number of nitrogens with one attached hydrogen (secondary N) is 2. The first-order valence-corrected chi connectivity index (χ1v) is 14.3. The predicted octanol–water partition coefficient (Wildman–Crippen LogP) is 5.08. The lowest BCUT2D eigenvalue weighted by molar-refractivity contribution is 0.0784. The number of rotatable bonds is 4. The number of piperidine rings is 1. The van der Waals surface area contributed by atoms with E-state index >= 15 is 0 Å². The zero-order chi connectivity index (χ0) is 30.5. The van der Waals surface area contributed by atoms with E-state index in [0.29, 0.717) is 61.1 Å². The predicted molar refractivity (Wildman–Crippen MR) is 159 cm³/mol. The highest BCUT2D eigenvalue weighted by Crippen LogP contribution is 2.50. The second-order valence-corrected chi connectivity index (χ2v) is 11.4. The maximum Gasteiger partial charge on any atom is 0.322 e. The number of carbonyl (C=O) groups excluding carboxylic acids is 2. The van der Waals surface area contributed by atoms with Crippen LogP contribution in [-0.2, 0) is 12.5 Å². The number of aromatic nitrogens is 2. The zero-order valence-corrected chi connectivity index (χ0v) is 24.6. The average molecular weight is 591 g/mol. The summed E-state index contributed by atoms with van der Waals surface area (Å²) in [5.74, 6) is 0.848. The number of urea groups is 2. The molecule has 2 aliphatic rings. The third-order valence-electron chi connectivity index (χ3n) is 8.95. The van der Waals surface area contributed by atoms with Gasteiger partial charge in [0.2, 0.25) is 0 Å². The molecule has 2 aromatic carbocycles. The van der Waals surface area contributed by atoms with Crippen LogP contribution in [0.5, 0.6) is 5.75 Å². The number of aryl methyl sites for hydroxylation is 3. The van der Waals surface area contributed by atoms with E-state index in [1.165, 1.54) is 24.3 Å². The Morgan fingerprint density at radius 2 is 1.84 bits per heavy atom. The van der Waals surface area contributed by atoms with E-state index in [4.69, 9.17) is 9.26 Å². The standard InChI is InChI=1S/C31H35FN6O5/c1-18-27(19(2)43-35-18)34-29(40)37-13-11-31(12-14-37)17-38(30(41)33-21-7-5-20(32)6-8-21)25(16-39)28-26(31)23-10-9-22(42-4)15-24(23)36(28)3/h5-10,15,25,39H,11-14,16-17H2,1-4H3,(H,33,41)(H,34,40)/t25-/m1/s1. The summed E-state index contributed by atoms with van der Waals surface area (Å²) >= 11 is 0. The van der Waals surface area contributed by atoms with Crippen molar-refractivity contribution < 1.29 is 28.3 Å². The Balaban J connectivity index is 1.37. The topological polar surface area (TPSA) is 125 Å². The van der Waals surface area contributed by atoms with Crippen molar-refractivity contribution in [1.82, 2.24) is 19.5 Å². The summed E-state index contributed by atoms with van der Waals surface area (Å²) in [6.45, 7) is 4.50. The van der Waals surface area contributed by atoms with Crippen LogP contribution in [0.15, 0.2) is 47.0 Å². The number of methoxy groups -OCH3 is 1. The van der Waals surface area contributed by atoms with Crippen molar-refractivity contribution in [3.63, 3.8) is 0 Å². The Kier molecular flexibility index (Phi) is 7.25. The number of nitrogens with zero attached hydrogens (tertiary/aromatic N) is 4. The number of amides is 4. The van der Waals surface area contributed by atoms with Crippen molar-refractivity contribution in [2.75, 3.05) is 44.0 Å². The maximum absolute atomic E-state index is 13.8. The maximum atomic E-state index is 13.8. The summed E-state index contributed by atoms with van der Waals surface area (Å²) in [7, 11) is 3.55. The van der Waals surface area contributed by atoms with Crippen LogP contribution in [-0.4, -0.2) is 70.0 Å². The molecule has 11 nitrogen and oxygen atoms in total. The van der Waals surface area contributed by atoms with E-state index in [1.54, 1.807) is 30.8 Å². The second kappa shape index (κ2) is 10.9. The molecule has 4 heterocycles. The van der Waals surface area contributed by atoms with Crippen LogP contribution in [0.2, 0.25) is 0 Å². The summed E-state index contributed by atoms with van der Waals surface area (Å²) in [6, 6.07) is 10.3. The molecule has 4 aromatic rings. The van der Waals surface area contributed by atoms with Gasteiger partial charge in [0, 0.05) is 54.9 Å². The van der Waals surface area contributed by atoms with Crippen LogP contribution in [0.4, 0.5) is 25.4 Å². The highest BCUT2D eigenvalue weighted by atomic mass is 19.1. The van der Waals surface area contributed by atoms with Gasteiger partial charge in [0.25, 0.3) is 0 Å². The van der Waals surface area contributed by atoms with E-state index < -0.39 is 23.3 Å². The van der Waals surface area contributed by atoms with Crippen LogP contribution >= 0.6 is 0 Å². The third kappa shape index (κ3) is 4.85. The van der Waals surface area contributed by atoms with Gasteiger partial charge in [-0.1, -0.05) is 5.16 Å². The van der Waals surface area contributed by atoms with Gasteiger partial charge in [-0.15, -0.1) is 0 Å². The molecule has 0 bridgehead atoms. The molecule has 2 aliphatic heterocycles. The largest absolute Gasteiger partial charge is 0.497 e. The fourth-order valence-electron chi connectivity index (χ4n) is 6.69. The smallest absolute Gasteiger partial charge is 0.322 e. The molecule has 0 aliphatic carbocycles. The Morgan fingerprint density at radius 3 is 2.47 bits per heavy atom. The van der Waals surface area contributed by atoms with Crippen LogP contribution in [0.3, 0.4) is 0 Å². The summed E-state index contributed by atoms with van der Waals surface area (Å²) in [4.78, 5) is 30.5. The Labute approximate surface area is 248 Å². The Hall–Kier alpha value is -4.58. The molecule has 6 rings (SSSR count). The molecule has 3 N–H and O–H groups in total. The molecule has 0 unspecified atom stereocenters. The highest BCUT2D eigenvalue weighted by Gasteiger charge is 2.50. The van der Waals surface area contributed by atoms with Crippen LogP contribution in [0, 0.1) is 19.7 Å². The number of hydrogen-bond donors (Lipinski definition) is 3. The SMILES string of the molecule is COc1ccc2c3c(n(C)c2c1)[C@@H](CO)N(C(=O)Nc1ccc(F)cc1)CC31CCN(C(=O)Nc2c(C)noc2C)CC1. The van der Waals surface area contributed by atoms with Gasteiger partial charge in [-0.2, -0.15) is 0 Å². The number of aliphatic hydroxyl groups is 1. The van der Waals surface area contributed by atoms with Gasteiger partial charge in [0.1, 0.15) is 22.9 Å². The van der Waals surface area contributed by atoms with E-state index in [0.717, 1.165) is 22.2 Å². The van der Waals surface area contributed by atoms with E-state index in [2.05, 4.69) is 15.8 Å². The van der Waals surface area contributed by atoms with Crippen molar-refractivity contribution in [2.45, 2.75) is 38.1 Å². The molecular formula is C31H35FN6O5. The van der Waals surface area contributed by atoms with Gasteiger partial charge in [-0.3, -0.25) is 0 Å². The number of hydrogen-bond acceptors (Lipinski definition) is 6. The first-order valence-electron chi connectivity index (χ1n) is 14.3. The van der Waals surface area contributed by atoms with Gasteiger partial charge in [-0.25, -0.2) is 14.0 Å². The van der Waals surface area contributed by atoms with Gasteiger partial charge in [0.05, 0.1) is 25.3 Å². The number of benzene rings is 2. The summed E-state index contributed by atoms with van der Waals surface area (Å²) in [5, 5.41) is 21.5. The lowest BCUT2D eigenvalue weighted by Crippen LogP contribution is -2.57. The summed E-state index contributed by atoms with van der Waals surface area (Å²) in [6.07, 6.45) is 1.19. The zero-order valence-electron chi connectivity index (χ0n) is 24.6. The normalized spacial score (nSPS) is 17.7. The molecule has 1 saturated heterocycles. The second-order valence-electron chi connectivity index (χ2n) is 11.4. The molecular weight excluding hydrogens is 555 g/mol. The lowest BCUT2D eigenvalue weighted by atomic mass is 9.68. The summed E-state index contributed by atoms with van der Waals surface area (Å²) < 4.78 is 26.3. The van der Waals surface area contributed by atoms with E-state index in [1.807, 2.05) is 29.8 Å². The first kappa shape index (κ1) is 28.5. The molecule has 0 radical (unpaired) electrons. The molecule has 12 heteroatoms. The number of carbonyl (C=O) groups is 2. The molecule has 226 valence electrons. The molecule has 1 spiro atoms. The Morgan fingerprint density at radius 1 is 1.12 bits per heavy atom. The van der Waals surface area contributed by atoms with Gasteiger partial charge >= 0.3 is 12.1 Å². The van der Waals surface area contributed by atoms with Gasteiger partial charge < -0.3 is 39.4 Å². The summed E-state index contributed by atoms with van der Waals surface area (Å²) in [5.41, 5.74) is 4.01. The average Bonchev–Trinajstić information content (AvgIpc) is 3.49. The number of anilines is 2. The third-order valence-corrected chi connectivity index (χ3v) is 8.95. The minimum atomic E-state index is -0.620. The van der Waals surface area contributed by atoms with Crippen LogP contribution in [0.1, 0.15) is 41.6 Å². The fourth-order valence-corrected chi connectivity index (χ4v) is 6.69. The fraction of sp³-hybridized carbons (Fsp3) is 0.387. The minimum absolute atomic E-state index is 0.234. The highest BCUT2D eigenvalue weighted by molar-refractivity contribution is 5.93. The number of fused-ring (bicyclic) bond motifs is 4.